The van der Waals surface area contributed by atoms with Crippen LogP contribution in [0, 0.1) is 5.92 Å². The minimum atomic E-state index is 0.852. The maximum Gasteiger partial charge on any atom is 0.145 e. The van der Waals surface area contributed by atoms with Gasteiger partial charge in [-0.05, 0) is 49.9 Å². The number of likely N-dealkylation sites (tertiary alicyclic amines) is 1. The minimum absolute atomic E-state index is 0.852. The number of pyridine rings is 1. The number of hydrogen-bond acceptors (Lipinski definition) is 4. The lowest BCUT2D eigenvalue weighted by molar-refractivity contribution is 0.182. The topological polar surface area (TPSA) is 28.6 Å². The molecule has 1 saturated carbocycles. The summed E-state index contributed by atoms with van der Waals surface area (Å²) in [6.45, 7) is 4.60. The van der Waals surface area contributed by atoms with Gasteiger partial charge in [-0.3, -0.25) is 9.88 Å². The van der Waals surface area contributed by atoms with E-state index in [1.807, 2.05) is 18.3 Å². The first-order valence-electron chi connectivity index (χ1n) is 9.08. The molecule has 4 nitrogen and oxygen atoms in total. The molecule has 2 aromatic rings. The molecule has 1 aliphatic carbocycles. The standard InChI is InChI=1S/C20H27N3O/c1-22(10-11-23-13-15-5-7-17(23)12-15)14-16-6-8-19(24-2)20-18(16)4-3-9-21-20/h3-4,6,8-9,15,17H,5,7,10-14H2,1-2H3/t15-,17+/m0/s1. The highest BCUT2D eigenvalue weighted by Crippen LogP contribution is 2.37. The third kappa shape index (κ3) is 3.01. The summed E-state index contributed by atoms with van der Waals surface area (Å²) < 4.78 is 5.45. The van der Waals surface area contributed by atoms with Crippen LogP contribution in [0.25, 0.3) is 10.9 Å². The molecule has 4 rings (SSSR count). The average molecular weight is 325 g/mol. The second-order valence-corrected chi connectivity index (χ2v) is 7.39. The SMILES string of the molecule is COc1ccc(CN(C)CCN2C[C@H]3CC[C@@H]2C3)c2cccnc12. The van der Waals surface area contributed by atoms with E-state index in [9.17, 15) is 0 Å². The molecule has 0 unspecified atom stereocenters. The number of hydrogen-bond donors (Lipinski definition) is 0. The van der Waals surface area contributed by atoms with Crippen LogP contribution in [0.15, 0.2) is 30.5 Å². The fourth-order valence-electron chi connectivity index (χ4n) is 4.48. The zero-order chi connectivity index (χ0) is 16.5. The summed E-state index contributed by atoms with van der Waals surface area (Å²) >= 11 is 0. The number of methoxy groups -OCH3 is 1. The highest BCUT2D eigenvalue weighted by Gasteiger charge is 2.37. The summed E-state index contributed by atoms with van der Waals surface area (Å²) in [6, 6.07) is 9.24. The molecule has 0 radical (unpaired) electrons. The van der Waals surface area contributed by atoms with E-state index in [2.05, 4.69) is 34.0 Å². The summed E-state index contributed by atoms with van der Waals surface area (Å²) in [5.41, 5.74) is 2.28. The Balaban J connectivity index is 1.42. The number of aromatic nitrogens is 1. The van der Waals surface area contributed by atoms with Gasteiger partial charge in [-0.25, -0.2) is 0 Å². The maximum absolute atomic E-state index is 5.45. The first kappa shape index (κ1) is 15.9. The Kier molecular flexibility index (Phi) is 4.42. The van der Waals surface area contributed by atoms with E-state index in [4.69, 9.17) is 4.74 Å². The normalized spacial score (nSPS) is 23.5. The second kappa shape index (κ2) is 6.69. The number of benzene rings is 1. The van der Waals surface area contributed by atoms with Crippen LogP contribution < -0.4 is 4.74 Å². The Morgan fingerprint density at radius 1 is 1.29 bits per heavy atom. The predicted octanol–water partition coefficient (Wildman–Crippen LogP) is 3.16. The number of likely N-dealkylation sites (N-methyl/N-ethyl adjacent to an activating group) is 1. The molecule has 0 amide bonds. The molecule has 2 atom stereocenters. The molecular formula is C20H27N3O. The molecule has 24 heavy (non-hydrogen) atoms. The van der Waals surface area contributed by atoms with E-state index in [1.54, 1.807) is 7.11 Å². The van der Waals surface area contributed by atoms with Crippen LogP contribution in [-0.2, 0) is 6.54 Å². The molecule has 0 N–H and O–H groups in total. The molecule has 1 saturated heterocycles. The number of fused-ring (bicyclic) bond motifs is 3. The van der Waals surface area contributed by atoms with Gasteiger partial charge in [0.15, 0.2) is 0 Å². The van der Waals surface area contributed by atoms with Crippen LogP contribution in [0.2, 0.25) is 0 Å². The van der Waals surface area contributed by atoms with E-state index < -0.39 is 0 Å². The highest BCUT2D eigenvalue weighted by atomic mass is 16.5. The summed E-state index contributed by atoms with van der Waals surface area (Å²) in [4.78, 5) is 9.64. The van der Waals surface area contributed by atoms with Gasteiger partial charge in [0.2, 0.25) is 0 Å². The van der Waals surface area contributed by atoms with Crippen molar-refractivity contribution in [3.8, 4) is 5.75 Å². The summed E-state index contributed by atoms with van der Waals surface area (Å²) in [5, 5.41) is 1.20. The smallest absolute Gasteiger partial charge is 0.145 e. The molecule has 4 heteroatoms. The Bertz CT molecular complexity index is 717. The van der Waals surface area contributed by atoms with Gasteiger partial charge in [0, 0.05) is 43.8 Å². The van der Waals surface area contributed by atoms with Gasteiger partial charge in [0.05, 0.1) is 7.11 Å². The first-order valence-corrected chi connectivity index (χ1v) is 9.08. The summed E-state index contributed by atoms with van der Waals surface area (Å²) in [7, 11) is 3.93. The molecule has 1 aromatic heterocycles. The lowest BCUT2D eigenvalue weighted by atomic mass is 10.1. The van der Waals surface area contributed by atoms with Gasteiger partial charge in [0.25, 0.3) is 0 Å². The molecule has 2 bridgehead atoms. The molecule has 128 valence electrons. The molecule has 2 heterocycles. The number of piperidine rings is 1. The van der Waals surface area contributed by atoms with E-state index in [-0.39, 0.29) is 0 Å². The lowest BCUT2D eigenvalue weighted by Crippen LogP contribution is -2.38. The Morgan fingerprint density at radius 2 is 2.21 bits per heavy atom. The maximum atomic E-state index is 5.45. The fraction of sp³-hybridized carbons (Fsp3) is 0.550. The van der Waals surface area contributed by atoms with Crippen molar-refractivity contribution in [1.29, 1.82) is 0 Å². The van der Waals surface area contributed by atoms with Crippen molar-refractivity contribution >= 4 is 10.9 Å². The number of ether oxygens (including phenoxy) is 1. The fourth-order valence-corrected chi connectivity index (χ4v) is 4.48. The molecule has 0 spiro atoms. The third-order valence-electron chi connectivity index (χ3n) is 5.77. The monoisotopic (exact) mass is 325 g/mol. The van der Waals surface area contributed by atoms with Crippen molar-refractivity contribution in [2.24, 2.45) is 5.92 Å². The van der Waals surface area contributed by atoms with Gasteiger partial charge >= 0.3 is 0 Å². The summed E-state index contributed by atoms with van der Waals surface area (Å²) in [5.74, 6) is 1.84. The summed E-state index contributed by atoms with van der Waals surface area (Å²) in [6.07, 6.45) is 6.16. The van der Waals surface area contributed by atoms with Crippen molar-refractivity contribution < 1.29 is 4.74 Å². The van der Waals surface area contributed by atoms with E-state index in [0.717, 1.165) is 36.3 Å². The van der Waals surface area contributed by atoms with Crippen LogP contribution in [0.1, 0.15) is 24.8 Å². The van der Waals surface area contributed by atoms with Gasteiger partial charge in [-0.15, -0.1) is 0 Å². The Labute approximate surface area is 144 Å². The van der Waals surface area contributed by atoms with Crippen molar-refractivity contribution in [2.75, 3.05) is 33.8 Å². The van der Waals surface area contributed by atoms with Gasteiger partial charge in [0.1, 0.15) is 11.3 Å². The quantitative estimate of drug-likeness (QED) is 0.816. The van der Waals surface area contributed by atoms with Crippen molar-refractivity contribution in [2.45, 2.75) is 31.8 Å². The molecule has 2 fully saturated rings. The van der Waals surface area contributed by atoms with Gasteiger partial charge in [-0.1, -0.05) is 12.1 Å². The zero-order valence-corrected chi connectivity index (χ0v) is 14.7. The van der Waals surface area contributed by atoms with Crippen LogP contribution in [-0.4, -0.2) is 54.6 Å². The second-order valence-electron chi connectivity index (χ2n) is 7.39. The predicted molar refractivity (Wildman–Crippen MR) is 97.3 cm³/mol. The Hall–Kier alpha value is -1.65. The largest absolute Gasteiger partial charge is 0.494 e. The van der Waals surface area contributed by atoms with Crippen LogP contribution in [0.4, 0.5) is 0 Å². The third-order valence-corrected chi connectivity index (χ3v) is 5.77. The van der Waals surface area contributed by atoms with Crippen LogP contribution in [0.3, 0.4) is 0 Å². The molecule has 1 aromatic carbocycles. The number of rotatable bonds is 6. The molecular weight excluding hydrogens is 298 g/mol. The average Bonchev–Trinajstić information content (AvgIpc) is 3.23. The van der Waals surface area contributed by atoms with Crippen LogP contribution in [0.5, 0.6) is 5.75 Å². The van der Waals surface area contributed by atoms with E-state index in [1.165, 1.54) is 43.3 Å². The van der Waals surface area contributed by atoms with E-state index in [0.29, 0.717) is 0 Å². The van der Waals surface area contributed by atoms with Crippen LogP contribution >= 0.6 is 0 Å². The number of nitrogens with zero attached hydrogens (tertiary/aromatic N) is 3. The first-order chi connectivity index (χ1) is 11.7. The molecule has 2 aliphatic rings. The van der Waals surface area contributed by atoms with Crippen molar-refractivity contribution in [3.63, 3.8) is 0 Å². The van der Waals surface area contributed by atoms with E-state index >= 15 is 0 Å². The lowest BCUT2D eigenvalue weighted by Gasteiger charge is -2.29. The van der Waals surface area contributed by atoms with Crippen molar-refractivity contribution in [1.82, 2.24) is 14.8 Å². The Morgan fingerprint density at radius 3 is 2.96 bits per heavy atom. The highest BCUT2D eigenvalue weighted by molar-refractivity contribution is 5.87. The zero-order valence-electron chi connectivity index (χ0n) is 14.7. The minimum Gasteiger partial charge on any atom is -0.494 e. The molecule has 1 aliphatic heterocycles. The van der Waals surface area contributed by atoms with Gasteiger partial charge < -0.3 is 9.64 Å². The van der Waals surface area contributed by atoms with Crippen molar-refractivity contribution in [3.05, 3.63) is 36.0 Å². The van der Waals surface area contributed by atoms with Gasteiger partial charge in [-0.2, -0.15) is 0 Å².